The molecule has 0 fully saturated rings. The van der Waals surface area contributed by atoms with Crippen LogP contribution in [0.4, 0.5) is 0 Å². The van der Waals surface area contributed by atoms with Crippen LogP contribution in [0, 0.1) is 5.92 Å². The van der Waals surface area contributed by atoms with Crippen molar-refractivity contribution in [3.63, 3.8) is 0 Å². The van der Waals surface area contributed by atoms with Gasteiger partial charge in [-0.25, -0.2) is 0 Å². The van der Waals surface area contributed by atoms with Gasteiger partial charge < -0.3 is 10.3 Å². The first kappa shape index (κ1) is 14.3. The second-order valence-electron chi connectivity index (χ2n) is 6.05. The highest BCUT2D eigenvalue weighted by atomic mass is 16.5. The Morgan fingerprint density at radius 1 is 1.38 bits per heavy atom. The molecule has 0 saturated heterocycles. The maximum Gasteiger partial charge on any atom is 0.243 e. The van der Waals surface area contributed by atoms with Crippen molar-refractivity contribution < 1.29 is 4.52 Å². The van der Waals surface area contributed by atoms with Crippen molar-refractivity contribution >= 4 is 0 Å². The smallest absolute Gasteiger partial charge is 0.243 e. The lowest BCUT2D eigenvalue weighted by Gasteiger charge is -2.22. The largest absolute Gasteiger partial charge is 0.338 e. The predicted octanol–water partition coefficient (Wildman–Crippen LogP) is 3.58. The van der Waals surface area contributed by atoms with Gasteiger partial charge in [-0.2, -0.15) is 4.98 Å². The summed E-state index contributed by atoms with van der Waals surface area (Å²) in [6.07, 6.45) is 4.40. The van der Waals surface area contributed by atoms with Crippen LogP contribution in [0.1, 0.15) is 67.9 Å². The average molecular weight is 285 g/mol. The maximum absolute atomic E-state index is 6.19. The van der Waals surface area contributed by atoms with Crippen LogP contribution in [0.5, 0.6) is 0 Å². The quantitative estimate of drug-likeness (QED) is 0.932. The lowest BCUT2D eigenvalue weighted by Crippen LogP contribution is -2.19. The van der Waals surface area contributed by atoms with Gasteiger partial charge in [-0.05, 0) is 36.3 Å². The van der Waals surface area contributed by atoms with Crippen LogP contribution in [0.2, 0.25) is 0 Å². The first-order valence-corrected chi connectivity index (χ1v) is 7.87. The molecule has 4 nitrogen and oxygen atoms in total. The van der Waals surface area contributed by atoms with E-state index in [1.54, 1.807) is 0 Å². The van der Waals surface area contributed by atoms with E-state index < -0.39 is 0 Å². The number of hydrogen-bond donors (Lipinski definition) is 1. The monoisotopic (exact) mass is 285 g/mol. The number of benzene rings is 1. The van der Waals surface area contributed by atoms with Gasteiger partial charge in [-0.3, -0.25) is 0 Å². The fourth-order valence-electron chi connectivity index (χ4n) is 3.04. The van der Waals surface area contributed by atoms with Crippen LogP contribution in [-0.4, -0.2) is 10.1 Å². The SMILES string of the molecule is CCC(C)[C@H](N)c1nc(C2CCCc3ccccc32)no1. The number of hydrogen-bond acceptors (Lipinski definition) is 4. The molecule has 0 spiro atoms. The molecule has 0 bridgehead atoms. The molecular weight excluding hydrogens is 262 g/mol. The number of rotatable bonds is 4. The molecule has 1 heterocycles. The fourth-order valence-corrected chi connectivity index (χ4v) is 3.04. The zero-order valence-electron chi connectivity index (χ0n) is 12.7. The van der Waals surface area contributed by atoms with Gasteiger partial charge in [0.25, 0.3) is 0 Å². The molecule has 0 amide bonds. The van der Waals surface area contributed by atoms with Crippen molar-refractivity contribution in [3.05, 3.63) is 47.1 Å². The molecule has 3 rings (SSSR count). The third-order valence-corrected chi connectivity index (χ3v) is 4.68. The Bertz CT molecular complexity index is 608. The predicted molar refractivity (Wildman–Crippen MR) is 81.9 cm³/mol. The van der Waals surface area contributed by atoms with E-state index in [0.29, 0.717) is 11.8 Å². The number of nitrogens with two attached hydrogens (primary N) is 1. The summed E-state index contributed by atoms with van der Waals surface area (Å²) in [4.78, 5) is 4.60. The molecule has 1 aromatic heterocycles. The summed E-state index contributed by atoms with van der Waals surface area (Å²) in [5, 5.41) is 4.21. The Hall–Kier alpha value is -1.68. The van der Waals surface area contributed by atoms with Crippen molar-refractivity contribution in [2.45, 2.75) is 51.5 Å². The Morgan fingerprint density at radius 2 is 2.19 bits per heavy atom. The molecule has 112 valence electrons. The Kier molecular flexibility index (Phi) is 4.06. The van der Waals surface area contributed by atoms with E-state index in [4.69, 9.17) is 10.3 Å². The highest BCUT2D eigenvalue weighted by Crippen LogP contribution is 2.35. The zero-order chi connectivity index (χ0) is 14.8. The minimum atomic E-state index is -0.171. The third-order valence-electron chi connectivity index (χ3n) is 4.68. The molecule has 2 N–H and O–H groups in total. The second kappa shape index (κ2) is 5.98. The molecule has 0 radical (unpaired) electrons. The van der Waals surface area contributed by atoms with Crippen molar-refractivity contribution in [2.75, 3.05) is 0 Å². The molecule has 0 saturated carbocycles. The minimum absolute atomic E-state index is 0.171. The normalized spacial score (nSPS) is 20.8. The lowest BCUT2D eigenvalue weighted by molar-refractivity contribution is 0.309. The van der Waals surface area contributed by atoms with Crippen molar-refractivity contribution in [1.29, 1.82) is 0 Å². The van der Waals surface area contributed by atoms with Crippen LogP contribution >= 0.6 is 0 Å². The topological polar surface area (TPSA) is 64.9 Å². The highest BCUT2D eigenvalue weighted by molar-refractivity contribution is 5.36. The highest BCUT2D eigenvalue weighted by Gasteiger charge is 2.27. The van der Waals surface area contributed by atoms with E-state index in [1.165, 1.54) is 17.5 Å². The average Bonchev–Trinajstić information content (AvgIpc) is 3.02. The van der Waals surface area contributed by atoms with Gasteiger partial charge in [-0.15, -0.1) is 0 Å². The summed E-state index contributed by atoms with van der Waals surface area (Å²) >= 11 is 0. The van der Waals surface area contributed by atoms with Gasteiger partial charge in [0.1, 0.15) is 0 Å². The molecule has 1 aliphatic carbocycles. The molecule has 1 aromatic carbocycles. The molecular formula is C17H23N3O. The Morgan fingerprint density at radius 3 is 3.00 bits per heavy atom. The van der Waals surface area contributed by atoms with Crippen LogP contribution in [0.3, 0.4) is 0 Å². The van der Waals surface area contributed by atoms with Crippen LogP contribution in [0.25, 0.3) is 0 Å². The lowest BCUT2D eigenvalue weighted by atomic mass is 9.82. The van der Waals surface area contributed by atoms with Gasteiger partial charge in [0.2, 0.25) is 5.89 Å². The molecule has 0 aliphatic heterocycles. The van der Waals surface area contributed by atoms with E-state index >= 15 is 0 Å². The third kappa shape index (κ3) is 2.72. The first-order valence-electron chi connectivity index (χ1n) is 7.87. The summed E-state index contributed by atoms with van der Waals surface area (Å²) in [7, 11) is 0. The van der Waals surface area contributed by atoms with E-state index in [-0.39, 0.29) is 12.0 Å². The van der Waals surface area contributed by atoms with E-state index in [9.17, 15) is 0 Å². The molecule has 1 aliphatic rings. The van der Waals surface area contributed by atoms with Crippen molar-refractivity contribution in [2.24, 2.45) is 11.7 Å². The molecule has 3 atom stereocenters. The maximum atomic E-state index is 6.19. The van der Waals surface area contributed by atoms with Gasteiger partial charge in [-0.1, -0.05) is 49.7 Å². The van der Waals surface area contributed by atoms with Gasteiger partial charge in [0.15, 0.2) is 5.82 Å². The van der Waals surface area contributed by atoms with Crippen LogP contribution in [-0.2, 0) is 6.42 Å². The van der Waals surface area contributed by atoms with Crippen molar-refractivity contribution in [1.82, 2.24) is 10.1 Å². The van der Waals surface area contributed by atoms with Crippen LogP contribution in [0.15, 0.2) is 28.8 Å². The Labute approximate surface area is 125 Å². The molecule has 2 aromatic rings. The summed E-state index contributed by atoms with van der Waals surface area (Å²) in [5.74, 6) is 1.95. The van der Waals surface area contributed by atoms with Gasteiger partial charge in [0, 0.05) is 5.92 Å². The summed E-state index contributed by atoms with van der Waals surface area (Å²) in [6.45, 7) is 4.24. The van der Waals surface area contributed by atoms with Gasteiger partial charge in [0.05, 0.1) is 6.04 Å². The fraction of sp³-hybridized carbons (Fsp3) is 0.529. The van der Waals surface area contributed by atoms with Crippen LogP contribution < -0.4 is 5.73 Å². The number of fused-ring (bicyclic) bond motifs is 1. The second-order valence-corrected chi connectivity index (χ2v) is 6.05. The van der Waals surface area contributed by atoms with E-state index in [1.807, 2.05) is 0 Å². The number of aryl methyl sites for hydroxylation is 1. The molecule has 21 heavy (non-hydrogen) atoms. The van der Waals surface area contributed by atoms with Crippen molar-refractivity contribution in [3.8, 4) is 0 Å². The molecule has 2 unspecified atom stereocenters. The molecule has 4 heteroatoms. The minimum Gasteiger partial charge on any atom is -0.338 e. The number of aromatic nitrogens is 2. The summed E-state index contributed by atoms with van der Waals surface area (Å²) < 4.78 is 5.43. The van der Waals surface area contributed by atoms with E-state index in [2.05, 4.69) is 48.3 Å². The zero-order valence-corrected chi connectivity index (χ0v) is 12.7. The standard InChI is InChI=1S/C17H23N3O/c1-3-11(2)15(18)17-19-16(20-21-17)14-10-6-8-12-7-4-5-9-13(12)14/h4-5,7,9,11,14-15H,3,6,8,10,18H2,1-2H3/t11?,14?,15-/m0/s1. The van der Waals surface area contributed by atoms with Gasteiger partial charge >= 0.3 is 0 Å². The summed E-state index contributed by atoms with van der Waals surface area (Å²) in [6, 6.07) is 8.40. The Balaban J connectivity index is 1.88. The van der Waals surface area contributed by atoms with E-state index in [0.717, 1.165) is 25.1 Å². The summed E-state index contributed by atoms with van der Waals surface area (Å²) in [5.41, 5.74) is 8.94. The first-order chi connectivity index (χ1) is 10.2. The number of nitrogens with zero attached hydrogens (tertiary/aromatic N) is 2.